The number of aromatic amines is 1. The SMILES string of the molecule is CCC(Cc1cn[nH]n1)c1cc(Cl)cc(Cl)c1OC. The van der Waals surface area contributed by atoms with E-state index in [4.69, 9.17) is 27.9 Å². The maximum Gasteiger partial charge on any atom is 0.141 e. The number of rotatable bonds is 5. The molecule has 102 valence electrons. The molecule has 0 spiro atoms. The minimum absolute atomic E-state index is 0.233. The van der Waals surface area contributed by atoms with E-state index in [1.165, 1.54) is 0 Å². The van der Waals surface area contributed by atoms with Gasteiger partial charge in [-0.3, -0.25) is 0 Å². The van der Waals surface area contributed by atoms with E-state index in [1.54, 1.807) is 19.4 Å². The number of nitrogens with one attached hydrogen (secondary N) is 1. The Kier molecular flexibility index (Phi) is 4.66. The molecule has 1 atom stereocenters. The maximum atomic E-state index is 6.17. The second-order valence-corrected chi connectivity index (χ2v) is 5.12. The Hall–Kier alpha value is -1.26. The van der Waals surface area contributed by atoms with Gasteiger partial charge in [-0.25, -0.2) is 0 Å². The molecule has 4 nitrogen and oxygen atoms in total. The smallest absolute Gasteiger partial charge is 0.141 e. The highest BCUT2D eigenvalue weighted by atomic mass is 35.5. The van der Waals surface area contributed by atoms with Crippen LogP contribution in [0.5, 0.6) is 5.75 Å². The lowest BCUT2D eigenvalue weighted by Crippen LogP contribution is -2.05. The highest BCUT2D eigenvalue weighted by Crippen LogP contribution is 2.38. The molecule has 0 amide bonds. The number of hydrogen-bond acceptors (Lipinski definition) is 3. The van der Waals surface area contributed by atoms with Crippen LogP contribution < -0.4 is 4.74 Å². The van der Waals surface area contributed by atoms with Gasteiger partial charge in [0.15, 0.2) is 0 Å². The third-order valence-electron chi connectivity index (χ3n) is 3.09. The van der Waals surface area contributed by atoms with Crippen LogP contribution in [-0.2, 0) is 6.42 Å². The van der Waals surface area contributed by atoms with Crippen LogP contribution >= 0.6 is 23.2 Å². The first-order chi connectivity index (χ1) is 9.15. The van der Waals surface area contributed by atoms with Gasteiger partial charge in [-0.2, -0.15) is 15.4 Å². The van der Waals surface area contributed by atoms with Crippen LogP contribution in [0, 0.1) is 0 Å². The van der Waals surface area contributed by atoms with E-state index in [1.807, 2.05) is 6.07 Å². The van der Waals surface area contributed by atoms with Gasteiger partial charge in [-0.1, -0.05) is 30.1 Å². The lowest BCUT2D eigenvalue weighted by Gasteiger charge is -2.18. The number of hydrogen-bond donors (Lipinski definition) is 1. The second-order valence-electron chi connectivity index (χ2n) is 4.28. The highest BCUT2D eigenvalue weighted by Gasteiger charge is 2.19. The summed E-state index contributed by atoms with van der Waals surface area (Å²) in [6.45, 7) is 2.11. The Labute approximate surface area is 122 Å². The average molecular weight is 300 g/mol. The molecule has 1 unspecified atom stereocenters. The number of methoxy groups -OCH3 is 1. The van der Waals surface area contributed by atoms with E-state index in [0.29, 0.717) is 15.8 Å². The van der Waals surface area contributed by atoms with Crippen molar-refractivity contribution in [3.63, 3.8) is 0 Å². The lowest BCUT2D eigenvalue weighted by atomic mass is 9.91. The zero-order valence-corrected chi connectivity index (χ0v) is 12.3. The minimum atomic E-state index is 0.233. The van der Waals surface area contributed by atoms with Crippen molar-refractivity contribution >= 4 is 23.2 Å². The van der Waals surface area contributed by atoms with E-state index in [2.05, 4.69) is 22.3 Å². The maximum absolute atomic E-state index is 6.17. The van der Waals surface area contributed by atoms with Crippen molar-refractivity contribution in [2.75, 3.05) is 7.11 Å². The molecule has 0 saturated heterocycles. The molecule has 1 heterocycles. The molecule has 0 aliphatic rings. The normalized spacial score (nSPS) is 12.4. The van der Waals surface area contributed by atoms with Crippen molar-refractivity contribution in [1.82, 2.24) is 15.4 Å². The van der Waals surface area contributed by atoms with E-state index in [9.17, 15) is 0 Å². The summed E-state index contributed by atoms with van der Waals surface area (Å²) in [4.78, 5) is 0. The number of benzene rings is 1. The zero-order chi connectivity index (χ0) is 13.8. The van der Waals surface area contributed by atoms with Crippen LogP contribution in [-0.4, -0.2) is 22.5 Å². The van der Waals surface area contributed by atoms with E-state index in [0.717, 1.165) is 24.1 Å². The van der Waals surface area contributed by atoms with Crippen molar-refractivity contribution in [2.24, 2.45) is 0 Å². The largest absolute Gasteiger partial charge is 0.495 e. The predicted molar refractivity (Wildman–Crippen MR) is 76.1 cm³/mol. The summed E-state index contributed by atoms with van der Waals surface area (Å²) < 4.78 is 5.40. The van der Waals surface area contributed by atoms with Gasteiger partial charge in [-0.15, -0.1) is 0 Å². The molecule has 1 aromatic heterocycles. The molecule has 0 aliphatic carbocycles. The van der Waals surface area contributed by atoms with Gasteiger partial charge in [0.2, 0.25) is 0 Å². The third kappa shape index (κ3) is 3.19. The van der Waals surface area contributed by atoms with E-state index < -0.39 is 0 Å². The Morgan fingerprint density at radius 2 is 2.16 bits per heavy atom. The van der Waals surface area contributed by atoms with Crippen LogP contribution in [0.25, 0.3) is 0 Å². The number of H-pyrrole nitrogens is 1. The van der Waals surface area contributed by atoms with Gasteiger partial charge in [-0.05, 0) is 24.5 Å². The Bertz CT molecular complexity index is 543. The molecule has 2 rings (SSSR count). The molecule has 1 aromatic carbocycles. The summed E-state index contributed by atoms with van der Waals surface area (Å²) in [5, 5.41) is 11.7. The standard InChI is InChI=1S/C13H15Cl2N3O/c1-3-8(4-10-7-16-18-17-10)11-5-9(14)6-12(15)13(11)19-2/h5-8H,3-4H2,1-2H3,(H,16,17,18). The van der Waals surface area contributed by atoms with Crippen LogP contribution in [0.15, 0.2) is 18.3 Å². The summed E-state index contributed by atoms with van der Waals surface area (Å²) in [6.07, 6.45) is 3.42. The minimum Gasteiger partial charge on any atom is -0.495 e. The van der Waals surface area contributed by atoms with Crippen molar-refractivity contribution in [3.05, 3.63) is 39.6 Å². The lowest BCUT2D eigenvalue weighted by molar-refractivity contribution is 0.404. The Balaban J connectivity index is 2.37. The zero-order valence-electron chi connectivity index (χ0n) is 10.8. The first-order valence-electron chi connectivity index (χ1n) is 6.03. The van der Waals surface area contributed by atoms with Crippen LogP contribution in [0.4, 0.5) is 0 Å². The summed E-state index contributed by atoms with van der Waals surface area (Å²) in [5.41, 5.74) is 1.91. The molecule has 0 bridgehead atoms. The fourth-order valence-electron chi connectivity index (χ4n) is 2.15. The molecule has 19 heavy (non-hydrogen) atoms. The molecule has 0 radical (unpaired) electrons. The van der Waals surface area contributed by atoms with Gasteiger partial charge in [0.05, 0.1) is 24.0 Å². The number of halogens is 2. The van der Waals surface area contributed by atoms with Gasteiger partial charge in [0.25, 0.3) is 0 Å². The molecule has 0 saturated carbocycles. The number of nitrogens with zero attached hydrogens (tertiary/aromatic N) is 2. The van der Waals surface area contributed by atoms with E-state index in [-0.39, 0.29) is 5.92 Å². The highest BCUT2D eigenvalue weighted by molar-refractivity contribution is 6.35. The Morgan fingerprint density at radius 1 is 1.37 bits per heavy atom. The van der Waals surface area contributed by atoms with Crippen LogP contribution in [0.2, 0.25) is 10.0 Å². The number of ether oxygens (including phenoxy) is 1. The average Bonchev–Trinajstić information content (AvgIpc) is 2.88. The summed E-state index contributed by atoms with van der Waals surface area (Å²) in [6, 6.07) is 3.59. The molecule has 0 fully saturated rings. The Morgan fingerprint density at radius 3 is 2.74 bits per heavy atom. The fraction of sp³-hybridized carbons (Fsp3) is 0.385. The molecule has 2 aromatic rings. The van der Waals surface area contributed by atoms with Crippen molar-refractivity contribution < 1.29 is 4.74 Å². The first kappa shape index (κ1) is 14.2. The van der Waals surface area contributed by atoms with Gasteiger partial charge in [0.1, 0.15) is 5.75 Å². The topological polar surface area (TPSA) is 50.8 Å². The molecule has 6 heteroatoms. The fourth-order valence-corrected chi connectivity index (χ4v) is 2.74. The van der Waals surface area contributed by atoms with Crippen molar-refractivity contribution in [2.45, 2.75) is 25.7 Å². The predicted octanol–water partition coefficient (Wildman–Crippen LogP) is 3.86. The first-order valence-corrected chi connectivity index (χ1v) is 6.78. The van der Waals surface area contributed by atoms with Crippen LogP contribution in [0.3, 0.4) is 0 Å². The van der Waals surface area contributed by atoms with Gasteiger partial charge in [0, 0.05) is 17.0 Å². The number of aromatic nitrogens is 3. The molecule has 0 aliphatic heterocycles. The summed E-state index contributed by atoms with van der Waals surface area (Å²) >= 11 is 12.3. The monoisotopic (exact) mass is 299 g/mol. The van der Waals surface area contributed by atoms with Crippen molar-refractivity contribution in [3.8, 4) is 5.75 Å². The van der Waals surface area contributed by atoms with Gasteiger partial charge < -0.3 is 4.74 Å². The van der Waals surface area contributed by atoms with Crippen molar-refractivity contribution in [1.29, 1.82) is 0 Å². The summed E-state index contributed by atoms with van der Waals surface area (Å²) in [5.74, 6) is 0.915. The summed E-state index contributed by atoms with van der Waals surface area (Å²) in [7, 11) is 1.61. The van der Waals surface area contributed by atoms with E-state index >= 15 is 0 Å². The van der Waals surface area contributed by atoms with Crippen LogP contribution in [0.1, 0.15) is 30.5 Å². The van der Waals surface area contributed by atoms with Gasteiger partial charge >= 0.3 is 0 Å². The molecular formula is C13H15Cl2N3O. The third-order valence-corrected chi connectivity index (χ3v) is 3.59. The molecular weight excluding hydrogens is 285 g/mol. The quantitative estimate of drug-likeness (QED) is 0.912. The molecule has 1 N–H and O–H groups in total. The second kappa shape index (κ2) is 6.26.